The number of benzene rings is 2. The van der Waals surface area contributed by atoms with E-state index in [1.807, 2.05) is 60.7 Å². The lowest BCUT2D eigenvalue weighted by Gasteiger charge is -2.25. The van der Waals surface area contributed by atoms with Crippen molar-refractivity contribution in [3.63, 3.8) is 0 Å². The van der Waals surface area contributed by atoms with E-state index in [2.05, 4.69) is 4.98 Å². The fourth-order valence-corrected chi connectivity index (χ4v) is 4.23. The number of pyridine rings is 1. The number of fused-ring (bicyclic) bond motifs is 1. The molecule has 5 nitrogen and oxygen atoms in total. The molecular formula is C24H26N2O3. The minimum absolute atomic E-state index is 0.245. The number of hydrogen-bond acceptors (Lipinski definition) is 4. The Balaban J connectivity index is 1.46. The predicted octanol–water partition coefficient (Wildman–Crippen LogP) is 4.94. The second-order valence-electron chi connectivity index (χ2n) is 7.74. The highest BCUT2D eigenvalue weighted by Crippen LogP contribution is 2.38. The second-order valence-corrected chi connectivity index (χ2v) is 7.74. The lowest BCUT2D eigenvalue weighted by atomic mass is 9.84. The molecule has 5 heteroatoms. The van der Waals surface area contributed by atoms with Crippen LogP contribution >= 0.6 is 0 Å². The fraction of sp³-hybridized carbons (Fsp3) is 0.333. The van der Waals surface area contributed by atoms with Gasteiger partial charge in [-0.05, 0) is 48.6 Å². The van der Waals surface area contributed by atoms with E-state index in [1.54, 1.807) is 0 Å². The molecule has 3 aromatic rings. The molecule has 29 heavy (non-hydrogen) atoms. The number of aromatic nitrogens is 1. The first-order valence-corrected chi connectivity index (χ1v) is 10.2. The Labute approximate surface area is 170 Å². The van der Waals surface area contributed by atoms with Crippen molar-refractivity contribution < 1.29 is 14.7 Å². The van der Waals surface area contributed by atoms with Crippen molar-refractivity contribution in [3.05, 3.63) is 71.9 Å². The van der Waals surface area contributed by atoms with E-state index in [0.717, 1.165) is 58.7 Å². The SMILES string of the molecule is CN(O)C(=O)C(c1ccc(OCc2ccc3ccccc3n2)cc1)C1CCCC1. The molecule has 1 N–H and O–H groups in total. The molecule has 1 aliphatic rings. The Bertz CT molecular complexity index is 979. The normalized spacial score (nSPS) is 15.4. The summed E-state index contributed by atoms with van der Waals surface area (Å²) in [5.41, 5.74) is 2.75. The Morgan fingerprint density at radius 2 is 1.83 bits per heavy atom. The van der Waals surface area contributed by atoms with Gasteiger partial charge in [-0.3, -0.25) is 10.0 Å². The van der Waals surface area contributed by atoms with E-state index in [-0.39, 0.29) is 17.7 Å². The van der Waals surface area contributed by atoms with Gasteiger partial charge in [-0.1, -0.05) is 49.2 Å². The summed E-state index contributed by atoms with van der Waals surface area (Å²) in [5.74, 6) is 0.471. The van der Waals surface area contributed by atoms with Crippen molar-refractivity contribution in [2.24, 2.45) is 5.92 Å². The van der Waals surface area contributed by atoms with Crippen molar-refractivity contribution in [3.8, 4) is 5.75 Å². The van der Waals surface area contributed by atoms with Crippen molar-refractivity contribution >= 4 is 16.8 Å². The third kappa shape index (κ3) is 4.40. The molecule has 1 atom stereocenters. The number of nitrogens with zero attached hydrogens (tertiary/aromatic N) is 2. The third-order valence-electron chi connectivity index (χ3n) is 5.74. The van der Waals surface area contributed by atoms with Crippen molar-refractivity contribution in [2.45, 2.75) is 38.2 Å². The van der Waals surface area contributed by atoms with E-state index in [1.165, 1.54) is 7.05 Å². The van der Waals surface area contributed by atoms with Crippen molar-refractivity contribution in [1.82, 2.24) is 10.0 Å². The molecule has 0 spiro atoms. The molecule has 0 aliphatic heterocycles. The lowest BCUT2D eigenvalue weighted by molar-refractivity contribution is -0.162. The zero-order valence-corrected chi connectivity index (χ0v) is 16.6. The van der Waals surface area contributed by atoms with E-state index in [0.29, 0.717) is 6.61 Å². The maximum Gasteiger partial charge on any atom is 0.253 e. The Kier molecular flexibility index (Phi) is 5.76. The zero-order chi connectivity index (χ0) is 20.2. The van der Waals surface area contributed by atoms with Crippen molar-refractivity contribution in [1.29, 1.82) is 0 Å². The standard InChI is InChI=1S/C24H26N2O3/c1-26(28)24(27)23(18-7-2-3-8-18)19-11-14-21(15-12-19)29-16-20-13-10-17-6-4-5-9-22(17)25-20/h4-6,9-15,18,23,28H,2-3,7-8,16H2,1H3. The monoisotopic (exact) mass is 390 g/mol. The van der Waals surface area contributed by atoms with Crippen LogP contribution in [-0.2, 0) is 11.4 Å². The molecule has 0 saturated heterocycles. The summed E-state index contributed by atoms with van der Waals surface area (Å²) in [6.07, 6.45) is 4.33. The summed E-state index contributed by atoms with van der Waals surface area (Å²) >= 11 is 0. The van der Waals surface area contributed by atoms with Crippen LogP contribution in [0.1, 0.15) is 42.9 Å². The number of carbonyl (C=O) groups is 1. The molecule has 4 rings (SSSR count). The summed E-state index contributed by atoms with van der Waals surface area (Å²) in [6.45, 7) is 0.383. The van der Waals surface area contributed by atoms with Gasteiger partial charge in [0.2, 0.25) is 0 Å². The van der Waals surface area contributed by atoms with Crippen LogP contribution < -0.4 is 4.74 Å². The topological polar surface area (TPSA) is 62.7 Å². The molecule has 2 aromatic carbocycles. The number of ether oxygens (including phenoxy) is 1. The maximum absolute atomic E-state index is 12.6. The first kappa shape index (κ1) is 19.4. The molecule has 150 valence electrons. The van der Waals surface area contributed by atoms with Gasteiger partial charge in [0.25, 0.3) is 5.91 Å². The highest BCUT2D eigenvalue weighted by atomic mass is 16.5. The zero-order valence-electron chi connectivity index (χ0n) is 16.6. The second kappa shape index (κ2) is 8.62. The molecule has 1 aliphatic carbocycles. The predicted molar refractivity (Wildman–Crippen MR) is 112 cm³/mol. The van der Waals surface area contributed by atoms with Gasteiger partial charge in [0, 0.05) is 12.4 Å². The average molecular weight is 390 g/mol. The quantitative estimate of drug-likeness (QED) is 0.479. The summed E-state index contributed by atoms with van der Waals surface area (Å²) in [6, 6.07) is 19.7. The van der Waals surface area contributed by atoms with Gasteiger partial charge >= 0.3 is 0 Å². The average Bonchev–Trinajstić information content (AvgIpc) is 3.27. The number of rotatable bonds is 6. The van der Waals surface area contributed by atoms with Gasteiger partial charge in [-0.2, -0.15) is 0 Å². The minimum atomic E-state index is -0.302. The molecule has 0 radical (unpaired) electrons. The maximum atomic E-state index is 12.6. The number of likely N-dealkylation sites (N-methyl/N-ethyl adjacent to an activating group) is 1. The molecule has 0 bridgehead atoms. The van der Waals surface area contributed by atoms with Crippen molar-refractivity contribution in [2.75, 3.05) is 7.05 Å². The van der Waals surface area contributed by atoms with E-state index in [9.17, 15) is 10.0 Å². The lowest BCUT2D eigenvalue weighted by Crippen LogP contribution is -2.32. The van der Waals surface area contributed by atoms with Gasteiger partial charge in [-0.15, -0.1) is 0 Å². The van der Waals surface area contributed by atoms with Crippen LogP contribution in [-0.4, -0.2) is 28.2 Å². The number of amides is 1. The van der Waals surface area contributed by atoms with Gasteiger partial charge in [0.1, 0.15) is 12.4 Å². The minimum Gasteiger partial charge on any atom is -0.487 e. The van der Waals surface area contributed by atoms with Gasteiger partial charge in [-0.25, -0.2) is 10.0 Å². The van der Waals surface area contributed by atoms with E-state index >= 15 is 0 Å². The first-order valence-electron chi connectivity index (χ1n) is 10.2. The van der Waals surface area contributed by atoms with Crippen LogP contribution in [0.25, 0.3) is 10.9 Å². The Hall–Kier alpha value is -2.92. The molecule has 1 saturated carbocycles. The molecule has 1 heterocycles. The summed E-state index contributed by atoms with van der Waals surface area (Å²) in [5, 5.41) is 11.5. The van der Waals surface area contributed by atoms with E-state index in [4.69, 9.17) is 4.74 Å². The Morgan fingerprint density at radius 1 is 1.10 bits per heavy atom. The summed E-state index contributed by atoms with van der Waals surface area (Å²) in [7, 11) is 1.40. The number of hydroxylamine groups is 2. The van der Waals surface area contributed by atoms with Crippen LogP contribution in [0, 0.1) is 5.92 Å². The Morgan fingerprint density at radius 3 is 2.55 bits per heavy atom. The van der Waals surface area contributed by atoms with Crippen LogP contribution in [0.5, 0.6) is 5.75 Å². The van der Waals surface area contributed by atoms with Gasteiger partial charge < -0.3 is 4.74 Å². The van der Waals surface area contributed by atoms with Gasteiger partial charge in [0.05, 0.1) is 17.1 Å². The summed E-state index contributed by atoms with van der Waals surface area (Å²) < 4.78 is 5.90. The fourth-order valence-electron chi connectivity index (χ4n) is 4.23. The first-order chi connectivity index (χ1) is 14.1. The molecular weight excluding hydrogens is 364 g/mol. The molecule has 1 fully saturated rings. The third-order valence-corrected chi connectivity index (χ3v) is 5.74. The highest BCUT2D eigenvalue weighted by Gasteiger charge is 2.33. The van der Waals surface area contributed by atoms with Crippen LogP contribution in [0.2, 0.25) is 0 Å². The van der Waals surface area contributed by atoms with E-state index < -0.39 is 0 Å². The van der Waals surface area contributed by atoms with Crippen LogP contribution in [0.15, 0.2) is 60.7 Å². The van der Waals surface area contributed by atoms with Crippen LogP contribution in [0.3, 0.4) is 0 Å². The van der Waals surface area contributed by atoms with Gasteiger partial charge in [0.15, 0.2) is 0 Å². The number of para-hydroxylation sites is 1. The van der Waals surface area contributed by atoms with Crippen LogP contribution in [0.4, 0.5) is 0 Å². The molecule has 1 amide bonds. The highest BCUT2D eigenvalue weighted by molar-refractivity contribution is 5.83. The number of carbonyl (C=O) groups excluding carboxylic acids is 1. The number of hydrogen-bond donors (Lipinski definition) is 1. The molecule has 1 aromatic heterocycles. The summed E-state index contributed by atoms with van der Waals surface area (Å²) in [4.78, 5) is 17.2. The largest absolute Gasteiger partial charge is 0.487 e. The smallest absolute Gasteiger partial charge is 0.253 e. The molecule has 1 unspecified atom stereocenters.